The molecule has 0 aromatic carbocycles. The normalized spacial score (nSPS) is 17.7. The summed E-state index contributed by atoms with van der Waals surface area (Å²) in [5.74, 6) is 1.88. The quantitative estimate of drug-likeness (QED) is 0.751. The third-order valence-electron chi connectivity index (χ3n) is 4.22. The van der Waals surface area contributed by atoms with Crippen LogP contribution >= 0.6 is 0 Å². The molecule has 23 heavy (non-hydrogen) atoms. The standard InChI is InChI=1S/C15H17N5O3/c1-9-6-19(8-10-4-3-5-23-10)14-16-12-11(20(14)7-9)13(21)17-15(22)18(12)2/h3-5,9H,6-8H2,1-2H3,(H,17,21,22)/t9-/m0/s1. The molecule has 1 aliphatic heterocycles. The van der Waals surface area contributed by atoms with E-state index >= 15 is 0 Å². The van der Waals surface area contributed by atoms with Gasteiger partial charge < -0.3 is 13.9 Å². The van der Waals surface area contributed by atoms with Gasteiger partial charge in [0.05, 0.1) is 12.8 Å². The average Bonchev–Trinajstić information content (AvgIpc) is 3.12. The molecule has 0 saturated carbocycles. The van der Waals surface area contributed by atoms with Crippen LogP contribution in [0.25, 0.3) is 11.2 Å². The Bertz CT molecular complexity index is 979. The molecular weight excluding hydrogens is 298 g/mol. The Balaban J connectivity index is 1.92. The number of aryl methyl sites for hydroxylation is 1. The molecule has 0 bridgehead atoms. The minimum atomic E-state index is -0.455. The third-order valence-corrected chi connectivity index (χ3v) is 4.22. The van der Waals surface area contributed by atoms with Gasteiger partial charge in [-0.3, -0.25) is 14.3 Å². The van der Waals surface area contributed by atoms with Crippen molar-refractivity contribution in [2.75, 3.05) is 11.4 Å². The Morgan fingerprint density at radius 3 is 2.96 bits per heavy atom. The lowest BCUT2D eigenvalue weighted by atomic mass is 10.1. The summed E-state index contributed by atoms with van der Waals surface area (Å²) < 4.78 is 8.69. The number of imidazole rings is 1. The first-order chi connectivity index (χ1) is 11.0. The number of fused-ring (bicyclic) bond motifs is 3. The van der Waals surface area contributed by atoms with Gasteiger partial charge in [0.1, 0.15) is 5.76 Å². The summed E-state index contributed by atoms with van der Waals surface area (Å²) in [6.07, 6.45) is 1.64. The minimum Gasteiger partial charge on any atom is -0.467 e. The fraction of sp³-hybridized carbons (Fsp3) is 0.400. The van der Waals surface area contributed by atoms with Gasteiger partial charge in [-0.2, -0.15) is 4.98 Å². The lowest BCUT2D eigenvalue weighted by Crippen LogP contribution is -2.37. The van der Waals surface area contributed by atoms with Crippen molar-refractivity contribution in [2.24, 2.45) is 13.0 Å². The van der Waals surface area contributed by atoms with Crippen molar-refractivity contribution >= 4 is 17.1 Å². The van der Waals surface area contributed by atoms with Gasteiger partial charge in [0.25, 0.3) is 5.56 Å². The van der Waals surface area contributed by atoms with Crippen LogP contribution in [0.5, 0.6) is 0 Å². The summed E-state index contributed by atoms with van der Waals surface area (Å²) in [6, 6.07) is 3.76. The lowest BCUT2D eigenvalue weighted by Gasteiger charge is -2.32. The van der Waals surface area contributed by atoms with Crippen molar-refractivity contribution in [1.82, 2.24) is 19.1 Å². The van der Waals surface area contributed by atoms with Crippen molar-refractivity contribution < 1.29 is 4.42 Å². The molecule has 0 unspecified atom stereocenters. The van der Waals surface area contributed by atoms with Gasteiger partial charge in [-0.1, -0.05) is 6.92 Å². The number of hydrogen-bond acceptors (Lipinski definition) is 5. The van der Waals surface area contributed by atoms with Crippen LogP contribution in [-0.4, -0.2) is 25.6 Å². The monoisotopic (exact) mass is 315 g/mol. The fourth-order valence-electron chi connectivity index (χ4n) is 3.19. The van der Waals surface area contributed by atoms with E-state index in [9.17, 15) is 9.59 Å². The zero-order valence-corrected chi connectivity index (χ0v) is 12.9. The van der Waals surface area contributed by atoms with Crippen molar-refractivity contribution in [3.05, 3.63) is 45.0 Å². The summed E-state index contributed by atoms with van der Waals surface area (Å²) in [7, 11) is 1.61. The number of rotatable bonds is 2. The molecule has 0 radical (unpaired) electrons. The number of anilines is 1. The summed E-state index contributed by atoms with van der Waals surface area (Å²) in [4.78, 5) is 33.0. The summed E-state index contributed by atoms with van der Waals surface area (Å²) in [5, 5.41) is 0. The maximum absolute atomic E-state index is 12.2. The lowest BCUT2D eigenvalue weighted by molar-refractivity contribution is 0.418. The van der Waals surface area contributed by atoms with E-state index in [0.717, 1.165) is 12.3 Å². The number of nitrogens with one attached hydrogen (secondary N) is 1. The van der Waals surface area contributed by atoms with Crippen molar-refractivity contribution in [2.45, 2.75) is 20.0 Å². The van der Waals surface area contributed by atoms with Crippen molar-refractivity contribution in [1.29, 1.82) is 0 Å². The van der Waals surface area contributed by atoms with Crippen LogP contribution in [0, 0.1) is 5.92 Å². The molecule has 1 N–H and O–H groups in total. The van der Waals surface area contributed by atoms with Gasteiger partial charge in [0.2, 0.25) is 5.95 Å². The summed E-state index contributed by atoms with van der Waals surface area (Å²) >= 11 is 0. The van der Waals surface area contributed by atoms with Crippen molar-refractivity contribution in [3.8, 4) is 0 Å². The van der Waals surface area contributed by atoms with E-state index in [1.807, 2.05) is 16.7 Å². The van der Waals surface area contributed by atoms with Crippen LogP contribution < -0.4 is 16.1 Å². The van der Waals surface area contributed by atoms with E-state index < -0.39 is 11.2 Å². The van der Waals surface area contributed by atoms with Crippen molar-refractivity contribution in [3.63, 3.8) is 0 Å². The van der Waals surface area contributed by atoms with E-state index in [4.69, 9.17) is 4.42 Å². The van der Waals surface area contributed by atoms with E-state index in [2.05, 4.69) is 21.8 Å². The molecular formula is C15H17N5O3. The second-order valence-corrected chi connectivity index (χ2v) is 6.08. The molecule has 3 aromatic rings. The summed E-state index contributed by atoms with van der Waals surface area (Å²) in [6.45, 7) is 4.21. The SMILES string of the molecule is C[C@H]1CN(Cc2ccco2)c2nc3c(c(=O)[nH]c(=O)n3C)n2C1. The summed E-state index contributed by atoms with van der Waals surface area (Å²) in [5.41, 5.74) is 0.00266. The number of aromatic amines is 1. The van der Waals surface area contributed by atoms with Crippen LogP contribution in [0.3, 0.4) is 0 Å². The zero-order valence-electron chi connectivity index (χ0n) is 12.9. The van der Waals surface area contributed by atoms with Gasteiger partial charge in [-0.15, -0.1) is 0 Å². The highest BCUT2D eigenvalue weighted by Crippen LogP contribution is 2.27. The topological polar surface area (TPSA) is 89.1 Å². The average molecular weight is 315 g/mol. The third kappa shape index (κ3) is 2.09. The number of nitrogens with zero attached hydrogens (tertiary/aromatic N) is 4. The maximum Gasteiger partial charge on any atom is 0.329 e. The van der Waals surface area contributed by atoms with Gasteiger partial charge in [0.15, 0.2) is 11.2 Å². The molecule has 0 aliphatic carbocycles. The molecule has 120 valence electrons. The van der Waals surface area contributed by atoms with Gasteiger partial charge in [-0.25, -0.2) is 4.79 Å². The molecule has 8 nitrogen and oxygen atoms in total. The first kappa shape index (κ1) is 13.9. The molecule has 1 aliphatic rings. The van der Waals surface area contributed by atoms with Gasteiger partial charge in [-0.05, 0) is 18.1 Å². The molecule has 0 fully saturated rings. The molecule has 1 atom stereocenters. The second-order valence-electron chi connectivity index (χ2n) is 6.08. The smallest absolute Gasteiger partial charge is 0.329 e. The molecule has 3 aromatic heterocycles. The predicted molar refractivity (Wildman–Crippen MR) is 84.5 cm³/mol. The highest BCUT2D eigenvalue weighted by atomic mass is 16.3. The predicted octanol–water partition coefficient (Wildman–Crippen LogP) is 0.673. The van der Waals surface area contributed by atoms with E-state index in [1.165, 1.54) is 4.57 Å². The van der Waals surface area contributed by atoms with Crippen LogP contribution in [-0.2, 0) is 20.1 Å². The minimum absolute atomic E-state index is 0.353. The van der Waals surface area contributed by atoms with E-state index in [0.29, 0.717) is 36.1 Å². The van der Waals surface area contributed by atoms with Gasteiger partial charge >= 0.3 is 5.69 Å². The van der Waals surface area contributed by atoms with E-state index in [1.54, 1.807) is 13.3 Å². The van der Waals surface area contributed by atoms with Gasteiger partial charge in [0, 0.05) is 20.1 Å². The molecule has 0 spiro atoms. The first-order valence-electron chi connectivity index (χ1n) is 7.51. The largest absolute Gasteiger partial charge is 0.467 e. The number of aromatic nitrogens is 4. The highest BCUT2D eigenvalue weighted by Gasteiger charge is 2.28. The Kier molecular flexibility index (Phi) is 2.93. The molecule has 0 saturated heterocycles. The van der Waals surface area contributed by atoms with Crippen LogP contribution in [0.4, 0.5) is 5.95 Å². The Morgan fingerprint density at radius 1 is 1.39 bits per heavy atom. The molecule has 0 amide bonds. The fourth-order valence-corrected chi connectivity index (χ4v) is 3.19. The van der Waals surface area contributed by atoms with Crippen LogP contribution in [0.2, 0.25) is 0 Å². The Labute approximate surface area is 131 Å². The Morgan fingerprint density at radius 2 is 2.22 bits per heavy atom. The first-order valence-corrected chi connectivity index (χ1v) is 7.51. The van der Waals surface area contributed by atoms with E-state index in [-0.39, 0.29) is 0 Å². The zero-order chi connectivity index (χ0) is 16.1. The highest BCUT2D eigenvalue weighted by molar-refractivity contribution is 5.74. The Hall–Kier alpha value is -2.77. The molecule has 4 heterocycles. The number of H-pyrrole nitrogens is 1. The number of furan rings is 1. The second kappa shape index (κ2) is 4.87. The van der Waals surface area contributed by atoms with Crippen LogP contribution in [0.15, 0.2) is 32.4 Å². The maximum atomic E-state index is 12.2. The number of hydrogen-bond donors (Lipinski definition) is 1. The van der Waals surface area contributed by atoms with Crippen LogP contribution in [0.1, 0.15) is 12.7 Å². The molecule has 8 heteroatoms. The molecule has 4 rings (SSSR count).